The molecule has 1 amide bonds. The van der Waals surface area contributed by atoms with E-state index in [2.05, 4.69) is 0 Å². The van der Waals surface area contributed by atoms with E-state index in [1.165, 1.54) is 38.1 Å². The smallest absolute Gasteiger partial charge is 0.872 e. The summed E-state index contributed by atoms with van der Waals surface area (Å²) in [6, 6.07) is 2.15. The second-order valence-electron chi connectivity index (χ2n) is 9.02. The van der Waals surface area contributed by atoms with E-state index in [4.69, 9.17) is 5.73 Å². The van der Waals surface area contributed by atoms with Gasteiger partial charge in [0.05, 0.1) is 23.7 Å². The van der Waals surface area contributed by atoms with Crippen LogP contribution in [0.5, 0.6) is 5.75 Å². The first-order valence-corrected chi connectivity index (χ1v) is 10.0. The molecule has 0 heterocycles. The van der Waals surface area contributed by atoms with Gasteiger partial charge in [-0.15, -0.1) is 5.75 Å². The van der Waals surface area contributed by atoms with Gasteiger partial charge in [0.25, 0.3) is 5.91 Å². The number of carbonyl (C=O) groups excluding carboxylic acids is 3. The minimum Gasteiger partial charge on any atom is -0.872 e. The van der Waals surface area contributed by atoms with Crippen molar-refractivity contribution in [1.29, 1.82) is 0 Å². The number of aliphatic hydroxyl groups is 4. The predicted octanol–water partition coefficient (Wildman–Crippen LogP) is -3.61. The van der Waals surface area contributed by atoms with Crippen LogP contribution in [0.2, 0.25) is 0 Å². The van der Waals surface area contributed by atoms with Crippen molar-refractivity contribution < 1.29 is 45.0 Å². The number of benzene rings is 1. The first-order valence-electron chi connectivity index (χ1n) is 10.0. The van der Waals surface area contributed by atoms with Crippen LogP contribution < -0.4 is 15.9 Å². The number of ketones is 2. The van der Waals surface area contributed by atoms with Crippen molar-refractivity contribution in [2.45, 2.75) is 30.3 Å². The maximum Gasteiger partial charge on any atom is 2.00 e. The van der Waals surface area contributed by atoms with E-state index in [1.807, 2.05) is 0 Å². The number of likely N-dealkylation sites (N-methyl/N-ethyl adjacent to an activating group) is 1. The number of fused-ring (bicyclic) bond motifs is 3. The van der Waals surface area contributed by atoms with Crippen LogP contribution in [-0.4, -0.2) is 112 Å². The number of hydrogen-bond acceptors (Lipinski definition) is 10. The normalized spacial score (nSPS) is 34.9. The van der Waals surface area contributed by atoms with Gasteiger partial charge in [0.15, 0.2) is 17.2 Å². The third-order valence-corrected chi connectivity index (χ3v) is 7.00. The van der Waals surface area contributed by atoms with E-state index in [9.17, 15) is 45.0 Å². The van der Waals surface area contributed by atoms with E-state index < -0.39 is 86.6 Å². The summed E-state index contributed by atoms with van der Waals surface area (Å²) in [5, 5.41) is 70.6. The SMILES string of the molecule is CN(C)C1C(=O)C(C(N)=O)=C(O)C2(O)C(=O)C3=C([O-])c4c([O-])cccc4C(C)(O)C3C(O)C12.[Ca+2]. The molecule has 1 aromatic rings. The molecule has 3 aliphatic rings. The first-order chi connectivity index (χ1) is 15.2. The zero-order valence-electron chi connectivity index (χ0n) is 18.6. The summed E-state index contributed by atoms with van der Waals surface area (Å²) in [6.07, 6.45) is -1.93. The maximum atomic E-state index is 13.6. The number of primary amides is 1. The van der Waals surface area contributed by atoms with Crippen molar-refractivity contribution in [1.82, 2.24) is 4.90 Å². The Morgan fingerprint density at radius 1 is 1.18 bits per heavy atom. The fourth-order valence-electron chi connectivity index (χ4n) is 5.56. The third-order valence-electron chi connectivity index (χ3n) is 7.00. The third kappa shape index (κ3) is 3.12. The Hall–Kier alpha value is -1.99. The van der Waals surface area contributed by atoms with Gasteiger partial charge in [-0.3, -0.25) is 19.3 Å². The summed E-state index contributed by atoms with van der Waals surface area (Å²) >= 11 is 0. The molecule has 0 aromatic heterocycles. The Morgan fingerprint density at radius 3 is 2.29 bits per heavy atom. The molecule has 0 bridgehead atoms. The standard InChI is InChI=1S/C22H24N2O9.Ca/c1-21(32)7-5-4-6-8(25)9(7)15(26)10-12(21)17(28)13-14(24(2)3)16(27)11(20(23)31)19(30)22(13,33)18(10)29;/h4-6,12-14,17,25-26,28,30,32-33H,1-3H3,(H2,23,31);/q;+2/p-2. The number of Topliss-reactive ketones (excluding diaryl/α,β-unsaturated/α-hetero) is 2. The number of amides is 1. The Morgan fingerprint density at radius 2 is 1.76 bits per heavy atom. The van der Waals surface area contributed by atoms with Crippen molar-refractivity contribution in [2.75, 3.05) is 14.1 Å². The zero-order chi connectivity index (χ0) is 24.8. The van der Waals surface area contributed by atoms with Crippen LogP contribution in [0, 0.1) is 11.8 Å². The maximum absolute atomic E-state index is 13.6. The Balaban J connectivity index is 0.00000324. The molecule has 1 fully saturated rings. The van der Waals surface area contributed by atoms with Crippen LogP contribution in [0.15, 0.2) is 35.1 Å². The molecule has 6 N–H and O–H groups in total. The van der Waals surface area contributed by atoms with Gasteiger partial charge in [0.1, 0.15) is 11.3 Å². The van der Waals surface area contributed by atoms with Crippen molar-refractivity contribution in [2.24, 2.45) is 17.6 Å². The van der Waals surface area contributed by atoms with Crippen LogP contribution in [0.3, 0.4) is 0 Å². The minimum atomic E-state index is -3.08. The minimum absolute atomic E-state index is 0. The molecule has 6 atom stereocenters. The Kier molecular flexibility index (Phi) is 6.50. The van der Waals surface area contributed by atoms with Crippen LogP contribution in [0.1, 0.15) is 18.1 Å². The van der Waals surface area contributed by atoms with Gasteiger partial charge in [-0.25, -0.2) is 0 Å². The number of nitrogens with two attached hydrogens (primary N) is 1. The average molecular weight is 499 g/mol. The molecule has 0 aliphatic heterocycles. The van der Waals surface area contributed by atoms with Gasteiger partial charge in [-0.05, 0) is 32.1 Å². The topological polar surface area (TPSA) is 208 Å². The Labute approximate surface area is 223 Å². The van der Waals surface area contributed by atoms with Gasteiger partial charge in [0.2, 0.25) is 0 Å². The molecular weight excluding hydrogens is 476 g/mol. The molecule has 6 unspecified atom stereocenters. The van der Waals surface area contributed by atoms with Crippen molar-refractivity contribution in [3.63, 3.8) is 0 Å². The van der Waals surface area contributed by atoms with Gasteiger partial charge < -0.3 is 36.4 Å². The zero-order valence-corrected chi connectivity index (χ0v) is 20.8. The second kappa shape index (κ2) is 8.30. The molecule has 4 rings (SSSR count). The average Bonchev–Trinajstić information content (AvgIpc) is 2.70. The van der Waals surface area contributed by atoms with Crippen molar-refractivity contribution in [3.05, 3.63) is 46.2 Å². The molecule has 3 aliphatic carbocycles. The van der Waals surface area contributed by atoms with Gasteiger partial charge in [-0.1, -0.05) is 24.0 Å². The molecular formula is C22H22CaN2O9. The summed E-state index contributed by atoms with van der Waals surface area (Å²) in [4.78, 5) is 39.8. The second-order valence-corrected chi connectivity index (χ2v) is 9.02. The van der Waals surface area contributed by atoms with E-state index in [0.717, 1.165) is 6.07 Å². The molecule has 0 spiro atoms. The number of carbonyl (C=O) groups is 3. The summed E-state index contributed by atoms with van der Waals surface area (Å²) in [7, 11) is 2.76. The van der Waals surface area contributed by atoms with Crippen LogP contribution >= 0.6 is 0 Å². The molecule has 0 radical (unpaired) electrons. The largest absolute Gasteiger partial charge is 2.00 e. The number of aliphatic hydroxyl groups excluding tert-OH is 2. The summed E-state index contributed by atoms with van der Waals surface area (Å²) < 4.78 is 0. The van der Waals surface area contributed by atoms with Crippen molar-refractivity contribution >= 4 is 61.0 Å². The van der Waals surface area contributed by atoms with Crippen LogP contribution in [0.4, 0.5) is 0 Å². The summed E-state index contributed by atoms with van der Waals surface area (Å²) in [5.41, 5.74) is -2.47. The number of rotatable bonds is 2. The monoisotopic (exact) mass is 498 g/mol. The van der Waals surface area contributed by atoms with E-state index >= 15 is 0 Å². The molecule has 1 aromatic carbocycles. The molecule has 11 nitrogen and oxygen atoms in total. The molecule has 1 saturated carbocycles. The van der Waals surface area contributed by atoms with Crippen molar-refractivity contribution in [3.8, 4) is 5.75 Å². The Bertz CT molecular complexity index is 1190. The summed E-state index contributed by atoms with van der Waals surface area (Å²) in [5.74, 6) is -10.6. The number of hydrogen-bond donors (Lipinski definition) is 5. The molecule has 0 saturated heterocycles. The molecule has 176 valence electrons. The number of nitrogens with zero attached hydrogens (tertiary/aromatic N) is 1. The first kappa shape index (κ1) is 26.6. The molecule has 12 heteroatoms. The van der Waals surface area contributed by atoms with Gasteiger partial charge >= 0.3 is 37.7 Å². The van der Waals surface area contributed by atoms with Crippen LogP contribution in [-0.2, 0) is 20.0 Å². The molecule has 34 heavy (non-hydrogen) atoms. The fourth-order valence-corrected chi connectivity index (χ4v) is 5.56. The quantitative estimate of drug-likeness (QED) is 0.200. The van der Waals surface area contributed by atoms with E-state index in [0.29, 0.717) is 0 Å². The van der Waals surface area contributed by atoms with Crippen LogP contribution in [0.25, 0.3) is 5.76 Å². The van der Waals surface area contributed by atoms with E-state index in [-0.39, 0.29) is 43.3 Å². The van der Waals surface area contributed by atoms with Gasteiger partial charge in [-0.2, -0.15) is 0 Å². The predicted molar refractivity (Wildman–Crippen MR) is 112 cm³/mol. The van der Waals surface area contributed by atoms with Gasteiger partial charge in [0, 0.05) is 11.5 Å². The van der Waals surface area contributed by atoms with E-state index in [1.54, 1.807) is 0 Å². The summed E-state index contributed by atoms with van der Waals surface area (Å²) in [6.45, 7) is 1.20. The fraction of sp³-hybridized carbons (Fsp3) is 0.409.